The number of anilines is 4. The van der Waals surface area contributed by atoms with Crippen LogP contribution in [0.25, 0.3) is 11.1 Å². The van der Waals surface area contributed by atoms with Gasteiger partial charge in [-0.15, -0.1) is 0 Å². The SMILES string of the molecule is CC(C)c1cc(Nc2cnc3c(c2)N2CCC[C@H]2CO3)ncc1-c1ccc(N2CCCC2=O)c(F)c1. The number of nitrogens with zero attached hydrogens (tertiary/aromatic N) is 4. The maximum atomic E-state index is 15.0. The highest BCUT2D eigenvalue weighted by Crippen LogP contribution is 2.39. The molecule has 3 aliphatic rings. The van der Waals surface area contributed by atoms with E-state index in [1.807, 2.05) is 12.1 Å². The summed E-state index contributed by atoms with van der Waals surface area (Å²) in [5, 5.41) is 3.40. The van der Waals surface area contributed by atoms with Crippen molar-refractivity contribution >= 4 is 28.8 Å². The number of aromatic nitrogens is 2. The third-order valence-electron chi connectivity index (χ3n) is 7.38. The molecule has 6 rings (SSSR count). The molecule has 2 fully saturated rings. The summed E-state index contributed by atoms with van der Waals surface area (Å²) in [7, 11) is 0. The Balaban J connectivity index is 1.28. The fourth-order valence-corrected chi connectivity index (χ4v) is 5.53. The quantitative estimate of drug-likeness (QED) is 0.502. The minimum atomic E-state index is -0.387. The summed E-state index contributed by atoms with van der Waals surface area (Å²) in [5.74, 6) is 1.18. The minimum absolute atomic E-state index is 0.0231. The number of ether oxygens (including phenoxy) is 1. The number of hydrogen-bond donors (Lipinski definition) is 1. The molecule has 2 aromatic heterocycles. The van der Waals surface area contributed by atoms with Crippen LogP contribution in [0, 0.1) is 5.82 Å². The molecule has 0 radical (unpaired) electrons. The number of rotatable bonds is 5. The molecular weight excluding hydrogens is 457 g/mol. The van der Waals surface area contributed by atoms with E-state index in [2.05, 4.69) is 40.1 Å². The van der Waals surface area contributed by atoms with Gasteiger partial charge in [-0.3, -0.25) is 4.79 Å². The number of fused-ring (bicyclic) bond motifs is 3. The average molecular weight is 488 g/mol. The number of hydrogen-bond acceptors (Lipinski definition) is 6. The molecule has 1 aromatic carbocycles. The Labute approximate surface area is 210 Å². The van der Waals surface area contributed by atoms with Crippen LogP contribution in [0.3, 0.4) is 0 Å². The second-order valence-electron chi connectivity index (χ2n) is 10.1. The predicted octanol–water partition coefficient (Wildman–Crippen LogP) is 5.64. The molecule has 5 heterocycles. The van der Waals surface area contributed by atoms with Crippen molar-refractivity contribution in [2.75, 3.05) is 34.8 Å². The van der Waals surface area contributed by atoms with E-state index in [4.69, 9.17) is 4.74 Å². The van der Waals surface area contributed by atoms with E-state index >= 15 is 4.39 Å². The zero-order chi connectivity index (χ0) is 24.8. The summed E-state index contributed by atoms with van der Waals surface area (Å²) < 4.78 is 20.9. The van der Waals surface area contributed by atoms with Gasteiger partial charge in [-0.1, -0.05) is 19.9 Å². The number of halogens is 1. The topological polar surface area (TPSA) is 70.6 Å². The molecule has 1 amide bonds. The third kappa shape index (κ3) is 4.04. The number of pyridine rings is 2. The van der Waals surface area contributed by atoms with Crippen molar-refractivity contribution < 1.29 is 13.9 Å². The van der Waals surface area contributed by atoms with E-state index in [0.717, 1.165) is 47.5 Å². The van der Waals surface area contributed by atoms with Crippen molar-refractivity contribution in [2.45, 2.75) is 51.5 Å². The normalized spacial score (nSPS) is 18.9. The maximum absolute atomic E-state index is 15.0. The third-order valence-corrected chi connectivity index (χ3v) is 7.38. The molecule has 8 heteroatoms. The first-order chi connectivity index (χ1) is 17.5. The molecular formula is C28H30FN5O2. The lowest BCUT2D eigenvalue weighted by atomic mass is 9.94. The van der Waals surface area contributed by atoms with Crippen molar-refractivity contribution in [3.63, 3.8) is 0 Å². The van der Waals surface area contributed by atoms with E-state index in [1.165, 1.54) is 17.4 Å². The van der Waals surface area contributed by atoms with Gasteiger partial charge in [-0.2, -0.15) is 0 Å². The highest BCUT2D eigenvalue weighted by molar-refractivity contribution is 5.95. The first-order valence-corrected chi connectivity index (χ1v) is 12.7. The highest BCUT2D eigenvalue weighted by atomic mass is 19.1. The Hall–Kier alpha value is -3.68. The monoisotopic (exact) mass is 487 g/mol. The first kappa shape index (κ1) is 22.8. The summed E-state index contributed by atoms with van der Waals surface area (Å²) >= 11 is 0. The molecule has 1 atom stereocenters. The van der Waals surface area contributed by atoms with Crippen molar-refractivity contribution in [1.82, 2.24) is 9.97 Å². The molecule has 0 unspecified atom stereocenters. The smallest absolute Gasteiger partial charge is 0.237 e. The zero-order valence-corrected chi connectivity index (χ0v) is 20.6. The Morgan fingerprint density at radius 3 is 2.75 bits per heavy atom. The molecule has 1 N–H and O–H groups in total. The molecule has 2 saturated heterocycles. The van der Waals surface area contributed by atoms with Crippen LogP contribution in [-0.2, 0) is 4.79 Å². The number of carbonyl (C=O) groups is 1. The summed E-state index contributed by atoms with van der Waals surface area (Å²) in [6, 6.07) is 9.62. The van der Waals surface area contributed by atoms with E-state index in [1.54, 1.807) is 18.5 Å². The van der Waals surface area contributed by atoms with E-state index in [-0.39, 0.29) is 17.6 Å². The largest absolute Gasteiger partial charge is 0.474 e. The van der Waals surface area contributed by atoms with E-state index < -0.39 is 0 Å². The fraction of sp³-hybridized carbons (Fsp3) is 0.393. The van der Waals surface area contributed by atoms with Crippen LogP contribution >= 0.6 is 0 Å². The van der Waals surface area contributed by atoms with Gasteiger partial charge in [0.2, 0.25) is 11.8 Å². The van der Waals surface area contributed by atoms with Gasteiger partial charge in [0.1, 0.15) is 23.9 Å². The zero-order valence-electron chi connectivity index (χ0n) is 20.6. The van der Waals surface area contributed by atoms with Gasteiger partial charge in [0.15, 0.2) is 0 Å². The fourth-order valence-electron chi connectivity index (χ4n) is 5.53. The van der Waals surface area contributed by atoms with Crippen LogP contribution in [-0.4, -0.2) is 41.6 Å². The average Bonchev–Trinajstić information content (AvgIpc) is 3.53. The highest BCUT2D eigenvalue weighted by Gasteiger charge is 2.32. The lowest BCUT2D eigenvalue weighted by Gasteiger charge is -2.32. The van der Waals surface area contributed by atoms with Crippen molar-refractivity contribution in [2.24, 2.45) is 0 Å². The summed E-state index contributed by atoms with van der Waals surface area (Å²) in [6.45, 7) is 6.51. The summed E-state index contributed by atoms with van der Waals surface area (Å²) in [4.78, 5) is 25.2. The van der Waals surface area contributed by atoms with E-state index in [0.29, 0.717) is 43.0 Å². The van der Waals surface area contributed by atoms with Gasteiger partial charge in [-0.05, 0) is 60.6 Å². The van der Waals surface area contributed by atoms with Gasteiger partial charge in [-0.25, -0.2) is 14.4 Å². The van der Waals surface area contributed by atoms with Crippen LogP contribution in [0.4, 0.5) is 27.3 Å². The molecule has 36 heavy (non-hydrogen) atoms. The van der Waals surface area contributed by atoms with Crippen LogP contribution in [0.15, 0.2) is 42.7 Å². The second kappa shape index (κ2) is 9.08. The summed E-state index contributed by atoms with van der Waals surface area (Å²) in [5.41, 5.74) is 4.92. The van der Waals surface area contributed by atoms with Gasteiger partial charge in [0, 0.05) is 31.3 Å². The van der Waals surface area contributed by atoms with Gasteiger partial charge < -0.3 is 19.9 Å². The number of benzene rings is 1. The number of nitrogens with one attached hydrogen (secondary N) is 1. The Kier molecular flexibility index (Phi) is 5.74. The maximum Gasteiger partial charge on any atom is 0.237 e. The molecule has 0 saturated carbocycles. The van der Waals surface area contributed by atoms with Gasteiger partial charge >= 0.3 is 0 Å². The molecule has 3 aliphatic heterocycles. The molecule has 0 bridgehead atoms. The molecule has 186 valence electrons. The molecule has 0 aliphatic carbocycles. The minimum Gasteiger partial charge on any atom is -0.474 e. The van der Waals surface area contributed by atoms with Crippen molar-refractivity contribution in [3.05, 3.63) is 54.1 Å². The van der Waals surface area contributed by atoms with Crippen LogP contribution in [0.1, 0.15) is 51.0 Å². The molecule has 7 nitrogen and oxygen atoms in total. The van der Waals surface area contributed by atoms with Crippen molar-refractivity contribution in [3.8, 4) is 17.0 Å². The Morgan fingerprint density at radius 2 is 1.97 bits per heavy atom. The van der Waals surface area contributed by atoms with Gasteiger partial charge in [0.05, 0.1) is 23.6 Å². The van der Waals surface area contributed by atoms with Crippen LogP contribution in [0.5, 0.6) is 5.88 Å². The molecule has 0 spiro atoms. The van der Waals surface area contributed by atoms with Crippen molar-refractivity contribution in [1.29, 1.82) is 0 Å². The number of amides is 1. The first-order valence-electron chi connectivity index (χ1n) is 12.7. The second-order valence-corrected chi connectivity index (χ2v) is 10.1. The lowest BCUT2D eigenvalue weighted by molar-refractivity contribution is -0.117. The molecule has 3 aromatic rings. The predicted molar refractivity (Wildman–Crippen MR) is 139 cm³/mol. The van der Waals surface area contributed by atoms with E-state index in [9.17, 15) is 4.79 Å². The lowest BCUT2D eigenvalue weighted by Crippen LogP contribution is -2.38. The van der Waals surface area contributed by atoms with Crippen LogP contribution in [0.2, 0.25) is 0 Å². The Bertz CT molecular complexity index is 1330. The summed E-state index contributed by atoms with van der Waals surface area (Å²) in [6.07, 6.45) is 7.12. The Morgan fingerprint density at radius 1 is 1.08 bits per heavy atom. The standard InChI is InChI=1S/C28H30FN5O2/c1-17(2)21-13-26(32-19-12-25-28(31-14-19)36-16-20-5-3-9-33(20)25)30-15-22(21)18-7-8-24(23(29)11-18)34-10-4-6-27(34)35/h7-8,11-15,17,20H,3-6,9-10,16H2,1-2H3,(H,30,32)/t20-/m0/s1. The van der Waals surface area contributed by atoms with Gasteiger partial charge in [0.25, 0.3) is 0 Å². The number of carbonyl (C=O) groups excluding carboxylic acids is 1. The van der Waals surface area contributed by atoms with Crippen LogP contribution < -0.4 is 19.9 Å².